The van der Waals surface area contributed by atoms with Gasteiger partial charge in [0, 0.05) is 42.8 Å². The van der Waals surface area contributed by atoms with Crippen LogP contribution in [0.1, 0.15) is 115 Å². The van der Waals surface area contributed by atoms with E-state index in [1.165, 1.54) is 82.1 Å². The summed E-state index contributed by atoms with van der Waals surface area (Å²) in [5, 5.41) is 5.86. The third kappa shape index (κ3) is 19.0. The van der Waals surface area contributed by atoms with Crippen molar-refractivity contribution >= 4 is 18.3 Å². The average Bonchev–Trinajstić information content (AvgIpc) is 2.90. The highest BCUT2D eigenvalue weighted by atomic mass is 35.5. The molecule has 0 bridgehead atoms. The summed E-state index contributed by atoms with van der Waals surface area (Å²) in [6, 6.07) is 7.12. The maximum atomic E-state index is 13.3. The lowest BCUT2D eigenvalue weighted by molar-refractivity contribution is -0.121. The number of benzene rings is 2. The zero-order chi connectivity index (χ0) is 28.7. The normalized spacial score (nSPS) is 10.4. The quantitative estimate of drug-likeness (QED) is 0.127. The summed E-state index contributed by atoms with van der Waals surface area (Å²) in [5.74, 6) is -2.29. The molecule has 0 atom stereocenters. The van der Waals surface area contributed by atoms with Gasteiger partial charge >= 0.3 is 0 Å². The van der Waals surface area contributed by atoms with Crippen molar-refractivity contribution in [3.8, 4) is 0 Å². The van der Waals surface area contributed by atoms with Gasteiger partial charge in [-0.1, -0.05) is 96.6 Å². The van der Waals surface area contributed by atoms with E-state index < -0.39 is 23.3 Å². The second-order valence-corrected chi connectivity index (χ2v) is 10.1. The van der Waals surface area contributed by atoms with Gasteiger partial charge in [-0.05, 0) is 31.5 Å². The number of amides is 1. The molecule has 0 fully saturated rings. The molecule has 0 aliphatic carbocycles. The van der Waals surface area contributed by atoms with Gasteiger partial charge in [-0.15, -0.1) is 12.4 Å². The molecule has 228 valence electrons. The minimum absolute atomic E-state index is 0. The van der Waals surface area contributed by atoms with Gasteiger partial charge in [0.05, 0.1) is 0 Å². The third-order valence-corrected chi connectivity index (χ3v) is 6.54. The zero-order valence-corrected chi connectivity index (χ0v) is 25.1. The molecule has 0 aliphatic heterocycles. The Morgan fingerprint density at radius 2 is 1.07 bits per heavy atom. The highest BCUT2D eigenvalue weighted by molar-refractivity contribution is 5.85. The minimum atomic E-state index is -0.620. The molecule has 0 saturated carbocycles. The van der Waals surface area contributed by atoms with Crippen LogP contribution >= 0.6 is 12.4 Å². The van der Waals surface area contributed by atoms with Crippen molar-refractivity contribution in [1.29, 1.82) is 0 Å². The zero-order valence-electron chi connectivity index (χ0n) is 24.3. The third-order valence-electron chi connectivity index (χ3n) is 6.54. The van der Waals surface area contributed by atoms with E-state index in [-0.39, 0.29) is 24.9 Å². The summed E-state index contributed by atoms with van der Waals surface area (Å²) in [6.07, 6.45) is 16.1. The second-order valence-electron chi connectivity index (χ2n) is 10.1. The van der Waals surface area contributed by atoms with Crippen molar-refractivity contribution in [2.75, 3.05) is 6.54 Å². The van der Waals surface area contributed by atoms with Crippen molar-refractivity contribution in [2.24, 2.45) is 0 Å². The summed E-state index contributed by atoms with van der Waals surface area (Å²) >= 11 is 0. The molecule has 0 spiro atoms. The van der Waals surface area contributed by atoms with E-state index in [1.807, 2.05) is 0 Å². The highest BCUT2D eigenvalue weighted by Crippen LogP contribution is 2.11. The van der Waals surface area contributed by atoms with Crippen molar-refractivity contribution in [3.63, 3.8) is 0 Å². The Hall–Kier alpha value is -2.12. The Bertz CT molecular complexity index is 930. The molecular formula is C32H49ClF4N2O. The molecule has 0 radical (unpaired) electrons. The van der Waals surface area contributed by atoms with Gasteiger partial charge in [-0.25, -0.2) is 17.6 Å². The van der Waals surface area contributed by atoms with E-state index in [0.717, 1.165) is 44.4 Å². The summed E-state index contributed by atoms with van der Waals surface area (Å²) < 4.78 is 52.1. The lowest BCUT2D eigenvalue weighted by atomic mass is 10.1. The Balaban J connectivity index is 0.000000743. The minimum Gasteiger partial charge on any atom is -0.352 e. The number of hydrogen-bond acceptors (Lipinski definition) is 2. The van der Waals surface area contributed by atoms with Crippen LogP contribution in [0, 0.1) is 23.3 Å². The van der Waals surface area contributed by atoms with Gasteiger partial charge in [0.1, 0.15) is 23.3 Å². The van der Waals surface area contributed by atoms with Crippen LogP contribution < -0.4 is 10.6 Å². The first-order valence-electron chi connectivity index (χ1n) is 14.7. The molecule has 1 amide bonds. The fourth-order valence-corrected chi connectivity index (χ4v) is 4.11. The van der Waals surface area contributed by atoms with Crippen molar-refractivity contribution in [2.45, 2.75) is 117 Å². The van der Waals surface area contributed by atoms with Gasteiger partial charge < -0.3 is 10.6 Å². The SMILES string of the molecule is CCCCCCCCC(=O)NCc1ccc(F)cc1F.CCCCCCCCCNCc1ccc(F)cc1F.Cl. The van der Waals surface area contributed by atoms with Crippen LogP contribution in [0.25, 0.3) is 0 Å². The fraction of sp³-hybridized carbons (Fsp3) is 0.594. The Morgan fingerprint density at radius 1 is 0.625 bits per heavy atom. The predicted octanol–water partition coefficient (Wildman–Crippen LogP) is 9.56. The Kier molecular flexibility index (Phi) is 23.4. The standard InChI is InChI=1S/C16H23F2NO.C16H25F2N.ClH/c1-2-3-4-5-6-7-8-16(20)19-12-13-9-10-14(17)11-15(13)18;1-2-3-4-5-6-7-8-11-19-13-14-9-10-15(17)12-16(14)18;/h9-11H,2-8,12H2,1H3,(H,19,20);9-10,12,19H,2-8,11,13H2,1H3;1H. The smallest absolute Gasteiger partial charge is 0.220 e. The maximum absolute atomic E-state index is 13.3. The van der Waals surface area contributed by atoms with E-state index in [9.17, 15) is 22.4 Å². The van der Waals surface area contributed by atoms with Crippen LogP contribution in [-0.4, -0.2) is 12.5 Å². The average molecular weight is 589 g/mol. The monoisotopic (exact) mass is 588 g/mol. The van der Waals surface area contributed by atoms with Gasteiger partial charge in [-0.3, -0.25) is 4.79 Å². The lowest BCUT2D eigenvalue weighted by Crippen LogP contribution is -2.22. The van der Waals surface area contributed by atoms with Crippen LogP contribution in [0.5, 0.6) is 0 Å². The van der Waals surface area contributed by atoms with Crippen molar-refractivity contribution < 1.29 is 22.4 Å². The molecule has 8 heteroatoms. The summed E-state index contributed by atoms with van der Waals surface area (Å²) in [5.41, 5.74) is 0.840. The van der Waals surface area contributed by atoms with Gasteiger partial charge in [0.15, 0.2) is 0 Å². The molecule has 0 unspecified atom stereocenters. The summed E-state index contributed by atoms with van der Waals surface area (Å²) in [4.78, 5) is 11.6. The van der Waals surface area contributed by atoms with Crippen LogP contribution in [0.3, 0.4) is 0 Å². The first-order valence-corrected chi connectivity index (χ1v) is 14.7. The van der Waals surface area contributed by atoms with Gasteiger partial charge in [0.25, 0.3) is 0 Å². The van der Waals surface area contributed by atoms with E-state index >= 15 is 0 Å². The molecule has 0 aliphatic rings. The molecule has 40 heavy (non-hydrogen) atoms. The first-order chi connectivity index (χ1) is 18.9. The number of carbonyl (C=O) groups is 1. The van der Waals surface area contributed by atoms with Crippen molar-refractivity contribution in [1.82, 2.24) is 10.6 Å². The fourth-order valence-electron chi connectivity index (χ4n) is 4.11. The number of carbonyl (C=O) groups excluding carboxylic acids is 1. The molecule has 2 aromatic rings. The number of halogens is 5. The van der Waals surface area contributed by atoms with Crippen LogP contribution in [0.15, 0.2) is 36.4 Å². The molecule has 2 aromatic carbocycles. The number of hydrogen-bond donors (Lipinski definition) is 2. The number of nitrogens with one attached hydrogen (secondary N) is 2. The Labute approximate surface area is 245 Å². The van der Waals surface area contributed by atoms with E-state index in [4.69, 9.17) is 0 Å². The number of unbranched alkanes of at least 4 members (excludes halogenated alkanes) is 11. The second kappa shape index (κ2) is 24.7. The van der Waals surface area contributed by atoms with Gasteiger partial charge in [0.2, 0.25) is 5.91 Å². The lowest BCUT2D eigenvalue weighted by Gasteiger charge is -2.06. The largest absolute Gasteiger partial charge is 0.352 e. The Morgan fingerprint density at radius 3 is 1.57 bits per heavy atom. The highest BCUT2D eigenvalue weighted by Gasteiger charge is 2.06. The molecule has 2 N–H and O–H groups in total. The summed E-state index contributed by atoms with van der Waals surface area (Å²) in [7, 11) is 0. The first kappa shape index (κ1) is 37.9. The maximum Gasteiger partial charge on any atom is 0.220 e. The van der Waals surface area contributed by atoms with E-state index in [0.29, 0.717) is 24.1 Å². The van der Waals surface area contributed by atoms with Gasteiger partial charge in [-0.2, -0.15) is 0 Å². The van der Waals surface area contributed by atoms with Crippen LogP contribution in [-0.2, 0) is 17.9 Å². The van der Waals surface area contributed by atoms with E-state index in [1.54, 1.807) is 0 Å². The van der Waals surface area contributed by atoms with Crippen molar-refractivity contribution in [3.05, 3.63) is 70.8 Å². The molecule has 3 nitrogen and oxygen atoms in total. The number of rotatable bonds is 19. The van der Waals surface area contributed by atoms with E-state index in [2.05, 4.69) is 24.5 Å². The molecule has 0 saturated heterocycles. The molecular weight excluding hydrogens is 540 g/mol. The van der Waals surface area contributed by atoms with Crippen LogP contribution in [0.2, 0.25) is 0 Å². The van der Waals surface area contributed by atoms with Crippen LogP contribution in [0.4, 0.5) is 17.6 Å². The summed E-state index contributed by atoms with van der Waals surface area (Å²) in [6.45, 7) is 5.87. The molecule has 0 heterocycles. The topological polar surface area (TPSA) is 41.1 Å². The molecule has 0 aromatic heterocycles. The predicted molar refractivity (Wildman–Crippen MR) is 160 cm³/mol. The molecule has 2 rings (SSSR count).